The number of aryl methyl sites for hydroxylation is 2. The predicted octanol–water partition coefficient (Wildman–Crippen LogP) is 3.65. The van der Waals surface area contributed by atoms with E-state index in [0.29, 0.717) is 23.1 Å². The van der Waals surface area contributed by atoms with E-state index in [1.165, 1.54) is 10.4 Å². The fourth-order valence-corrected chi connectivity index (χ4v) is 6.64. The molecule has 0 aliphatic carbocycles. The van der Waals surface area contributed by atoms with Gasteiger partial charge in [-0.05, 0) is 49.2 Å². The molecular formula is C19H20ClN3O3S2. The summed E-state index contributed by atoms with van der Waals surface area (Å²) in [6.07, 6.45) is 0. The van der Waals surface area contributed by atoms with E-state index >= 15 is 0 Å². The minimum atomic E-state index is -3.56. The topological polar surface area (TPSA) is 73.5 Å². The lowest BCUT2D eigenvalue weighted by molar-refractivity contribution is 0.0693. The third-order valence-corrected chi connectivity index (χ3v) is 8.59. The van der Waals surface area contributed by atoms with Gasteiger partial charge in [-0.1, -0.05) is 17.7 Å². The number of thiophene rings is 1. The van der Waals surface area contributed by atoms with Crippen molar-refractivity contribution in [2.24, 2.45) is 0 Å². The number of piperazine rings is 1. The van der Waals surface area contributed by atoms with E-state index < -0.39 is 10.0 Å². The first-order chi connectivity index (χ1) is 13.3. The Labute approximate surface area is 172 Å². The predicted molar refractivity (Wildman–Crippen MR) is 112 cm³/mol. The molecule has 1 saturated heterocycles. The quantitative estimate of drug-likeness (QED) is 0.679. The second kappa shape index (κ2) is 7.18. The molecule has 1 aromatic carbocycles. The third-order valence-electron chi connectivity index (χ3n) is 4.99. The molecule has 3 heterocycles. The molecule has 0 atom stereocenters. The monoisotopic (exact) mass is 437 g/mol. The van der Waals surface area contributed by atoms with Gasteiger partial charge in [-0.3, -0.25) is 4.79 Å². The number of amides is 1. The number of hydrogen-bond acceptors (Lipinski definition) is 4. The largest absolute Gasteiger partial charge is 0.351 e. The second-order valence-corrected chi connectivity index (χ2v) is 10.9. The second-order valence-electron chi connectivity index (χ2n) is 6.98. The molecule has 148 valence electrons. The number of H-pyrrole nitrogens is 1. The maximum atomic E-state index is 12.9. The van der Waals surface area contributed by atoms with Gasteiger partial charge in [0.1, 0.15) is 9.90 Å². The minimum Gasteiger partial charge on any atom is -0.351 e. The van der Waals surface area contributed by atoms with Crippen molar-refractivity contribution in [3.63, 3.8) is 0 Å². The van der Waals surface area contributed by atoms with Crippen molar-refractivity contribution in [1.82, 2.24) is 14.2 Å². The van der Waals surface area contributed by atoms with Crippen molar-refractivity contribution < 1.29 is 13.2 Å². The molecular weight excluding hydrogens is 418 g/mol. The highest BCUT2D eigenvalue weighted by Gasteiger charge is 2.31. The van der Waals surface area contributed by atoms with Gasteiger partial charge in [0, 0.05) is 37.1 Å². The van der Waals surface area contributed by atoms with Gasteiger partial charge in [-0.15, -0.1) is 11.3 Å². The fourth-order valence-electron chi connectivity index (χ4n) is 3.58. The van der Waals surface area contributed by atoms with Crippen LogP contribution in [-0.4, -0.2) is 54.7 Å². The molecule has 0 radical (unpaired) electrons. The van der Waals surface area contributed by atoms with Crippen molar-refractivity contribution in [3.05, 3.63) is 51.5 Å². The van der Waals surface area contributed by atoms with Gasteiger partial charge in [-0.2, -0.15) is 4.31 Å². The smallest absolute Gasteiger partial charge is 0.270 e. The lowest BCUT2D eigenvalue weighted by Gasteiger charge is -2.33. The number of nitrogens with one attached hydrogen (secondary N) is 1. The van der Waals surface area contributed by atoms with E-state index in [-0.39, 0.29) is 23.2 Å². The first-order valence-corrected chi connectivity index (χ1v) is 11.5. The Kier molecular flexibility index (Phi) is 4.99. The van der Waals surface area contributed by atoms with E-state index in [9.17, 15) is 13.2 Å². The Morgan fingerprint density at radius 3 is 2.46 bits per heavy atom. The summed E-state index contributed by atoms with van der Waals surface area (Å²) in [5.74, 6) is -0.107. The zero-order valence-electron chi connectivity index (χ0n) is 15.5. The summed E-state index contributed by atoms with van der Waals surface area (Å²) in [4.78, 5) is 17.8. The Morgan fingerprint density at radius 1 is 1.11 bits per heavy atom. The van der Waals surface area contributed by atoms with Gasteiger partial charge in [0.15, 0.2) is 0 Å². The van der Waals surface area contributed by atoms with Crippen LogP contribution < -0.4 is 0 Å². The number of fused-ring (bicyclic) bond motifs is 1. The van der Waals surface area contributed by atoms with Gasteiger partial charge in [0.05, 0.1) is 4.34 Å². The summed E-state index contributed by atoms with van der Waals surface area (Å²) in [6, 6.07) is 9.09. The Bertz CT molecular complexity index is 1160. The molecule has 1 amide bonds. The number of carbonyl (C=O) groups excluding carboxylic acids is 1. The standard InChI is InChI=1S/C19H20ClN3O3S2/c1-12-9-13(2)14-11-16(21-15(14)10-12)19(24)22-5-7-23(8-6-22)28(25,26)18-4-3-17(20)27-18/h3-4,9-11,21H,5-8H2,1-2H3. The Hall–Kier alpha value is -1.87. The van der Waals surface area contributed by atoms with E-state index in [1.54, 1.807) is 11.0 Å². The molecule has 1 aliphatic heterocycles. The number of aromatic amines is 1. The van der Waals surface area contributed by atoms with Crippen LogP contribution in [0.2, 0.25) is 4.34 Å². The minimum absolute atomic E-state index is 0.107. The van der Waals surface area contributed by atoms with Crippen molar-refractivity contribution in [1.29, 1.82) is 0 Å². The molecule has 1 aliphatic rings. The molecule has 28 heavy (non-hydrogen) atoms. The van der Waals surface area contributed by atoms with Gasteiger partial charge >= 0.3 is 0 Å². The van der Waals surface area contributed by atoms with Crippen LogP contribution in [0.25, 0.3) is 10.9 Å². The molecule has 2 aromatic heterocycles. The molecule has 9 heteroatoms. The van der Waals surface area contributed by atoms with Crippen molar-refractivity contribution >= 4 is 49.8 Å². The van der Waals surface area contributed by atoms with Crippen molar-refractivity contribution in [2.75, 3.05) is 26.2 Å². The van der Waals surface area contributed by atoms with Gasteiger partial charge in [0.2, 0.25) is 0 Å². The number of halogens is 1. The maximum absolute atomic E-state index is 12.9. The SMILES string of the molecule is Cc1cc(C)c2cc(C(=O)N3CCN(S(=O)(=O)c4ccc(Cl)s4)CC3)[nH]c2c1. The van der Waals surface area contributed by atoms with E-state index in [4.69, 9.17) is 11.6 Å². The molecule has 3 aromatic rings. The lowest BCUT2D eigenvalue weighted by Crippen LogP contribution is -2.50. The van der Waals surface area contributed by atoms with Crippen LogP contribution in [0.4, 0.5) is 0 Å². The average Bonchev–Trinajstić information content (AvgIpc) is 3.28. The van der Waals surface area contributed by atoms with E-state index in [0.717, 1.165) is 33.4 Å². The van der Waals surface area contributed by atoms with Gasteiger partial charge in [0.25, 0.3) is 15.9 Å². The van der Waals surface area contributed by atoms with Crippen molar-refractivity contribution in [2.45, 2.75) is 18.1 Å². The molecule has 0 unspecified atom stereocenters. The molecule has 0 spiro atoms. The number of sulfonamides is 1. The van der Waals surface area contributed by atoms with Crippen LogP contribution in [0, 0.1) is 13.8 Å². The lowest BCUT2D eigenvalue weighted by atomic mass is 10.1. The Balaban J connectivity index is 1.49. The first-order valence-electron chi connectivity index (χ1n) is 8.90. The summed E-state index contributed by atoms with van der Waals surface area (Å²) in [5, 5.41) is 1.03. The number of rotatable bonds is 3. The van der Waals surface area contributed by atoms with Crippen LogP contribution in [0.3, 0.4) is 0 Å². The number of nitrogens with zero attached hydrogens (tertiary/aromatic N) is 2. The molecule has 4 rings (SSSR count). The third kappa shape index (κ3) is 3.45. The van der Waals surface area contributed by atoms with Crippen LogP contribution in [0.5, 0.6) is 0 Å². The van der Waals surface area contributed by atoms with Crippen molar-refractivity contribution in [3.8, 4) is 0 Å². The summed E-state index contributed by atoms with van der Waals surface area (Å²) < 4.78 is 27.5. The maximum Gasteiger partial charge on any atom is 0.270 e. The number of hydrogen-bond donors (Lipinski definition) is 1. The summed E-state index contributed by atoms with van der Waals surface area (Å²) in [6.45, 7) is 5.28. The summed E-state index contributed by atoms with van der Waals surface area (Å²) in [7, 11) is -3.56. The van der Waals surface area contributed by atoms with Gasteiger partial charge < -0.3 is 9.88 Å². The molecule has 6 nitrogen and oxygen atoms in total. The molecule has 0 saturated carbocycles. The highest BCUT2D eigenvalue weighted by atomic mass is 35.5. The average molecular weight is 438 g/mol. The van der Waals surface area contributed by atoms with Gasteiger partial charge in [-0.25, -0.2) is 8.42 Å². The van der Waals surface area contributed by atoms with Crippen LogP contribution >= 0.6 is 22.9 Å². The van der Waals surface area contributed by atoms with E-state index in [1.807, 2.05) is 26.0 Å². The number of carbonyl (C=O) groups is 1. The highest BCUT2D eigenvalue weighted by Crippen LogP contribution is 2.29. The normalized spacial score (nSPS) is 16.0. The van der Waals surface area contributed by atoms with Crippen LogP contribution in [0.15, 0.2) is 34.5 Å². The Morgan fingerprint density at radius 2 is 1.82 bits per heavy atom. The number of benzene rings is 1. The molecule has 1 fully saturated rings. The fraction of sp³-hybridized carbons (Fsp3) is 0.316. The zero-order valence-corrected chi connectivity index (χ0v) is 17.9. The molecule has 0 bridgehead atoms. The first kappa shape index (κ1) is 19.4. The summed E-state index contributed by atoms with van der Waals surface area (Å²) >= 11 is 6.92. The van der Waals surface area contributed by atoms with Crippen LogP contribution in [-0.2, 0) is 10.0 Å². The van der Waals surface area contributed by atoms with Crippen LogP contribution in [0.1, 0.15) is 21.6 Å². The highest BCUT2D eigenvalue weighted by molar-refractivity contribution is 7.91. The number of aromatic nitrogens is 1. The summed E-state index contributed by atoms with van der Waals surface area (Å²) in [5.41, 5.74) is 3.73. The van der Waals surface area contributed by atoms with E-state index in [2.05, 4.69) is 11.1 Å². The zero-order chi connectivity index (χ0) is 20.1. The molecule has 1 N–H and O–H groups in total.